The van der Waals surface area contributed by atoms with Crippen LogP contribution in [-0.2, 0) is 14.8 Å². The summed E-state index contributed by atoms with van der Waals surface area (Å²) in [5.41, 5.74) is 1.75. The Labute approximate surface area is 138 Å². The van der Waals surface area contributed by atoms with Gasteiger partial charge in [-0.1, -0.05) is 29.8 Å². The van der Waals surface area contributed by atoms with Gasteiger partial charge in [-0.3, -0.25) is 5.32 Å². The lowest BCUT2D eigenvalue weighted by molar-refractivity contribution is 0.186. The van der Waals surface area contributed by atoms with Crippen molar-refractivity contribution in [2.75, 3.05) is 12.4 Å². The molecule has 0 fully saturated rings. The van der Waals surface area contributed by atoms with E-state index in [-0.39, 0.29) is 10.8 Å². The fourth-order valence-corrected chi connectivity index (χ4v) is 3.70. The van der Waals surface area contributed by atoms with Gasteiger partial charge in [-0.15, -0.1) is 0 Å². The molecular formula is C16H15N3O4S. The van der Waals surface area contributed by atoms with Gasteiger partial charge < -0.3 is 4.74 Å². The van der Waals surface area contributed by atoms with Crippen molar-refractivity contribution in [3.8, 4) is 0 Å². The maximum Gasteiger partial charge on any atom is 0.413 e. The predicted molar refractivity (Wildman–Crippen MR) is 89.5 cm³/mol. The van der Waals surface area contributed by atoms with Crippen molar-refractivity contribution in [2.45, 2.75) is 11.8 Å². The number of aromatic nitrogens is 2. The third-order valence-electron chi connectivity index (χ3n) is 3.48. The molecular weight excluding hydrogens is 330 g/mol. The Kier molecular flexibility index (Phi) is 3.98. The van der Waals surface area contributed by atoms with Crippen LogP contribution in [0, 0.1) is 6.92 Å². The molecule has 0 radical (unpaired) electrons. The number of fused-ring (bicyclic) bond motifs is 1. The molecule has 1 heterocycles. The molecule has 124 valence electrons. The number of anilines is 1. The van der Waals surface area contributed by atoms with Gasteiger partial charge in [0, 0.05) is 0 Å². The first-order chi connectivity index (χ1) is 11.4. The van der Waals surface area contributed by atoms with E-state index in [1.165, 1.54) is 19.2 Å². The van der Waals surface area contributed by atoms with Gasteiger partial charge in [-0.25, -0.2) is 22.2 Å². The van der Waals surface area contributed by atoms with Crippen LogP contribution in [0.3, 0.4) is 0 Å². The normalized spacial score (nSPS) is 11.4. The lowest BCUT2D eigenvalue weighted by Crippen LogP contribution is -2.20. The standard InChI is InChI=1S/C16H15N3O4S/c1-11-7-9-12(10-8-11)24(21,22)19-14-6-4-3-5-13(14)17-15(19)18-16(20)23-2/h3-10H,1-2H3,(H,17,18,20). The molecule has 0 spiro atoms. The average Bonchev–Trinajstić information content (AvgIpc) is 2.93. The summed E-state index contributed by atoms with van der Waals surface area (Å²) in [6.07, 6.45) is -0.800. The van der Waals surface area contributed by atoms with Gasteiger partial charge in [0.05, 0.1) is 23.0 Å². The minimum Gasteiger partial charge on any atom is -0.453 e. The lowest BCUT2D eigenvalue weighted by Gasteiger charge is -2.11. The van der Waals surface area contributed by atoms with Gasteiger partial charge >= 0.3 is 6.09 Å². The topological polar surface area (TPSA) is 90.3 Å². The fourth-order valence-electron chi connectivity index (χ4n) is 2.28. The molecule has 0 aliphatic heterocycles. The van der Waals surface area contributed by atoms with Crippen molar-refractivity contribution in [3.05, 3.63) is 54.1 Å². The van der Waals surface area contributed by atoms with Gasteiger partial charge in [0.15, 0.2) is 0 Å². The summed E-state index contributed by atoms with van der Waals surface area (Å²) in [4.78, 5) is 15.8. The number of imidazole rings is 1. The van der Waals surface area contributed by atoms with Crippen molar-refractivity contribution in [3.63, 3.8) is 0 Å². The van der Waals surface area contributed by atoms with Crippen molar-refractivity contribution in [2.24, 2.45) is 0 Å². The molecule has 0 saturated heterocycles. The van der Waals surface area contributed by atoms with E-state index in [0.29, 0.717) is 11.0 Å². The van der Waals surface area contributed by atoms with E-state index in [9.17, 15) is 13.2 Å². The second-order valence-electron chi connectivity index (χ2n) is 5.12. The molecule has 0 atom stereocenters. The number of benzene rings is 2. The van der Waals surface area contributed by atoms with E-state index < -0.39 is 16.1 Å². The van der Waals surface area contributed by atoms with Gasteiger partial charge in [-0.2, -0.15) is 0 Å². The molecule has 7 nitrogen and oxygen atoms in total. The number of para-hydroxylation sites is 2. The number of nitrogens with zero attached hydrogens (tertiary/aromatic N) is 2. The van der Waals surface area contributed by atoms with E-state index in [0.717, 1.165) is 9.54 Å². The third kappa shape index (κ3) is 2.71. The molecule has 0 aliphatic carbocycles. The molecule has 3 aromatic rings. The Hall–Kier alpha value is -2.87. The number of carbonyl (C=O) groups excluding carboxylic acids is 1. The minimum atomic E-state index is -3.94. The van der Waals surface area contributed by atoms with Crippen LogP contribution in [-0.4, -0.2) is 30.6 Å². The van der Waals surface area contributed by atoms with Crippen LogP contribution in [0.1, 0.15) is 5.56 Å². The Morgan fingerprint density at radius 1 is 1.12 bits per heavy atom. The van der Waals surface area contributed by atoms with Crippen molar-refractivity contribution >= 4 is 33.1 Å². The van der Waals surface area contributed by atoms with Crippen LogP contribution < -0.4 is 5.32 Å². The van der Waals surface area contributed by atoms with Gasteiger partial charge in [0.1, 0.15) is 0 Å². The van der Waals surface area contributed by atoms with Crippen molar-refractivity contribution < 1.29 is 17.9 Å². The first-order valence-corrected chi connectivity index (χ1v) is 8.52. The second kappa shape index (κ2) is 5.97. The van der Waals surface area contributed by atoms with Crippen LogP contribution in [0.25, 0.3) is 11.0 Å². The third-order valence-corrected chi connectivity index (χ3v) is 5.20. The number of methoxy groups -OCH3 is 1. The molecule has 2 aromatic carbocycles. The van der Waals surface area contributed by atoms with Crippen LogP contribution in [0.2, 0.25) is 0 Å². The van der Waals surface area contributed by atoms with Gasteiger partial charge in [0.2, 0.25) is 5.95 Å². The molecule has 0 bridgehead atoms. The van der Waals surface area contributed by atoms with Crippen LogP contribution >= 0.6 is 0 Å². The number of amides is 1. The summed E-state index contributed by atoms with van der Waals surface area (Å²) in [6, 6.07) is 13.2. The van der Waals surface area contributed by atoms with Crippen LogP contribution in [0.5, 0.6) is 0 Å². The average molecular weight is 345 g/mol. The Bertz CT molecular complexity index is 1010. The van der Waals surface area contributed by atoms with Gasteiger partial charge in [0.25, 0.3) is 10.0 Å². The maximum atomic E-state index is 13.0. The van der Waals surface area contributed by atoms with Crippen LogP contribution in [0.15, 0.2) is 53.4 Å². The van der Waals surface area contributed by atoms with Crippen molar-refractivity contribution in [1.29, 1.82) is 0 Å². The zero-order valence-electron chi connectivity index (χ0n) is 13.1. The van der Waals surface area contributed by atoms with E-state index in [2.05, 4.69) is 15.0 Å². The van der Waals surface area contributed by atoms with E-state index in [1.54, 1.807) is 36.4 Å². The fraction of sp³-hybridized carbons (Fsp3) is 0.125. The summed E-state index contributed by atoms with van der Waals surface area (Å²) in [7, 11) is -2.75. The van der Waals surface area contributed by atoms with E-state index >= 15 is 0 Å². The van der Waals surface area contributed by atoms with Crippen molar-refractivity contribution in [1.82, 2.24) is 8.96 Å². The maximum absolute atomic E-state index is 13.0. The molecule has 8 heteroatoms. The van der Waals surface area contributed by atoms with Crippen LogP contribution in [0.4, 0.5) is 10.7 Å². The summed E-state index contributed by atoms with van der Waals surface area (Å²) in [6.45, 7) is 1.87. The van der Waals surface area contributed by atoms with E-state index in [4.69, 9.17) is 0 Å². The minimum absolute atomic E-state index is 0.101. The highest BCUT2D eigenvalue weighted by molar-refractivity contribution is 7.90. The highest BCUT2D eigenvalue weighted by atomic mass is 32.2. The van der Waals surface area contributed by atoms with Gasteiger partial charge in [-0.05, 0) is 31.2 Å². The number of hydrogen-bond donors (Lipinski definition) is 1. The molecule has 24 heavy (non-hydrogen) atoms. The lowest BCUT2D eigenvalue weighted by atomic mass is 10.2. The monoisotopic (exact) mass is 345 g/mol. The Morgan fingerprint density at radius 2 is 1.79 bits per heavy atom. The Morgan fingerprint density at radius 3 is 2.46 bits per heavy atom. The summed E-state index contributed by atoms with van der Waals surface area (Å²) < 4.78 is 31.6. The predicted octanol–water partition coefficient (Wildman–Crippen LogP) is 2.76. The molecule has 0 aliphatic rings. The highest BCUT2D eigenvalue weighted by Gasteiger charge is 2.25. The first-order valence-electron chi connectivity index (χ1n) is 7.08. The smallest absolute Gasteiger partial charge is 0.413 e. The number of aryl methyl sites for hydroxylation is 1. The molecule has 1 amide bonds. The quantitative estimate of drug-likeness (QED) is 0.788. The number of rotatable bonds is 3. The summed E-state index contributed by atoms with van der Waals surface area (Å²) in [5.74, 6) is -0.122. The largest absolute Gasteiger partial charge is 0.453 e. The first kappa shape index (κ1) is 16.0. The number of nitrogens with one attached hydrogen (secondary N) is 1. The highest BCUT2D eigenvalue weighted by Crippen LogP contribution is 2.26. The molecule has 0 saturated carbocycles. The molecule has 3 rings (SSSR count). The zero-order valence-corrected chi connectivity index (χ0v) is 13.9. The number of hydrogen-bond acceptors (Lipinski definition) is 5. The molecule has 1 N–H and O–H groups in total. The molecule has 1 aromatic heterocycles. The SMILES string of the molecule is COC(=O)Nc1nc2ccccc2n1S(=O)(=O)c1ccc(C)cc1. The number of ether oxygens (including phenoxy) is 1. The second-order valence-corrected chi connectivity index (χ2v) is 6.91. The Balaban J connectivity index is 2.24. The van der Waals surface area contributed by atoms with E-state index in [1.807, 2.05) is 6.92 Å². The zero-order chi connectivity index (χ0) is 17.3. The number of carbonyl (C=O) groups is 1. The molecule has 0 unspecified atom stereocenters. The summed E-state index contributed by atoms with van der Waals surface area (Å²) >= 11 is 0. The summed E-state index contributed by atoms with van der Waals surface area (Å²) in [5, 5.41) is 2.35.